The predicted molar refractivity (Wildman–Crippen MR) is 102 cm³/mol. The van der Waals surface area contributed by atoms with Gasteiger partial charge in [-0.25, -0.2) is 5.01 Å². The summed E-state index contributed by atoms with van der Waals surface area (Å²) in [4.78, 5) is 27.7. The first-order valence-electron chi connectivity index (χ1n) is 9.89. The smallest absolute Gasteiger partial charge is 0.241 e. The number of ether oxygens (including phenoxy) is 1. The molecule has 7 nitrogen and oxygen atoms in total. The molecule has 2 N–H and O–H groups in total. The number of fused-ring (bicyclic) bond motifs is 3. The Balaban J connectivity index is 1.47. The molecule has 2 aliphatic heterocycles. The van der Waals surface area contributed by atoms with Crippen LogP contribution in [0, 0.1) is 5.92 Å². The summed E-state index contributed by atoms with van der Waals surface area (Å²) in [6.07, 6.45) is 3.35. The van der Waals surface area contributed by atoms with E-state index in [9.17, 15) is 9.59 Å². The van der Waals surface area contributed by atoms with Crippen molar-refractivity contribution >= 4 is 17.5 Å². The van der Waals surface area contributed by atoms with E-state index in [1.165, 1.54) is 0 Å². The van der Waals surface area contributed by atoms with Gasteiger partial charge in [0.05, 0.1) is 7.11 Å². The zero-order valence-electron chi connectivity index (χ0n) is 16.0. The van der Waals surface area contributed by atoms with Crippen LogP contribution in [0.2, 0.25) is 0 Å². The van der Waals surface area contributed by atoms with Gasteiger partial charge in [0, 0.05) is 42.8 Å². The molecule has 4 unspecified atom stereocenters. The molecule has 2 amide bonds. The van der Waals surface area contributed by atoms with E-state index in [4.69, 9.17) is 4.74 Å². The fourth-order valence-electron chi connectivity index (χ4n) is 4.89. The first-order valence-corrected chi connectivity index (χ1v) is 9.89. The number of hydrogen-bond donors (Lipinski definition) is 2. The summed E-state index contributed by atoms with van der Waals surface area (Å²) in [6, 6.07) is 7.78. The fourth-order valence-corrected chi connectivity index (χ4v) is 4.89. The Bertz CT molecular complexity index is 725. The number of carbonyl (C=O) groups excluding carboxylic acids is 2. The quantitative estimate of drug-likeness (QED) is 0.840. The summed E-state index contributed by atoms with van der Waals surface area (Å²) in [7, 11) is 1.61. The van der Waals surface area contributed by atoms with Crippen molar-refractivity contribution < 1.29 is 14.3 Å². The molecule has 1 aromatic carbocycles. The van der Waals surface area contributed by atoms with Gasteiger partial charge in [0.2, 0.25) is 11.8 Å². The van der Waals surface area contributed by atoms with Crippen LogP contribution < -0.4 is 15.5 Å². The Morgan fingerprint density at radius 2 is 2.15 bits per heavy atom. The molecular formula is C20H28N4O3. The van der Waals surface area contributed by atoms with Crippen LogP contribution >= 0.6 is 0 Å². The fraction of sp³-hybridized carbons (Fsp3) is 0.600. The highest BCUT2D eigenvalue weighted by Gasteiger charge is 2.50. The van der Waals surface area contributed by atoms with E-state index in [1.807, 2.05) is 36.1 Å². The van der Waals surface area contributed by atoms with E-state index in [0.717, 1.165) is 37.2 Å². The maximum atomic E-state index is 12.9. The summed E-state index contributed by atoms with van der Waals surface area (Å²) in [5, 5.41) is 5.20. The number of hydrazine groups is 1. The van der Waals surface area contributed by atoms with Gasteiger partial charge in [-0.2, -0.15) is 0 Å². The second-order valence-corrected chi connectivity index (χ2v) is 7.61. The molecule has 2 heterocycles. The predicted octanol–water partition coefficient (Wildman–Crippen LogP) is 1.61. The lowest BCUT2D eigenvalue weighted by molar-refractivity contribution is -0.155. The second kappa shape index (κ2) is 7.48. The number of rotatable bonds is 4. The van der Waals surface area contributed by atoms with Gasteiger partial charge in [-0.15, -0.1) is 0 Å². The van der Waals surface area contributed by atoms with Crippen LogP contribution in [0.15, 0.2) is 24.3 Å². The van der Waals surface area contributed by atoms with Gasteiger partial charge >= 0.3 is 0 Å². The van der Waals surface area contributed by atoms with Crippen LogP contribution in [0.1, 0.15) is 32.6 Å². The highest BCUT2D eigenvalue weighted by Crippen LogP contribution is 2.37. The number of hydrogen-bond acceptors (Lipinski definition) is 5. The molecule has 0 radical (unpaired) electrons. The minimum atomic E-state index is -0.0848. The molecule has 27 heavy (non-hydrogen) atoms. The van der Waals surface area contributed by atoms with E-state index in [0.29, 0.717) is 19.0 Å². The normalized spacial score (nSPS) is 30.6. The molecule has 7 heteroatoms. The summed E-state index contributed by atoms with van der Waals surface area (Å²) in [5.41, 5.74) is 4.15. The lowest BCUT2D eigenvalue weighted by Crippen LogP contribution is -2.68. The Morgan fingerprint density at radius 1 is 1.30 bits per heavy atom. The molecule has 0 spiro atoms. The van der Waals surface area contributed by atoms with Crippen molar-refractivity contribution in [3.05, 3.63) is 24.3 Å². The van der Waals surface area contributed by atoms with Crippen LogP contribution in [-0.4, -0.2) is 60.0 Å². The number of amides is 2. The number of likely N-dealkylation sites (N-methyl/N-ethyl adjacent to an activating group) is 1. The van der Waals surface area contributed by atoms with Gasteiger partial charge in [0.15, 0.2) is 0 Å². The van der Waals surface area contributed by atoms with Crippen molar-refractivity contribution in [1.82, 2.24) is 15.3 Å². The maximum Gasteiger partial charge on any atom is 0.241 e. The molecular weight excluding hydrogens is 344 g/mol. The van der Waals surface area contributed by atoms with Gasteiger partial charge in [-0.1, -0.05) is 6.07 Å². The third-order valence-electron chi connectivity index (χ3n) is 6.20. The molecule has 1 aromatic rings. The molecule has 0 bridgehead atoms. The topological polar surface area (TPSA) is 73.9 Å². The van der Waals surface area contributed by atoms with Crippen LogP contribution in [0.4, 0.5) is 5.69 Å². The standard InChI is InChI=1S/C20H28N4O3/c1-3-23-18-11-13(19(25)22-14-5-4-6-15(12-14)27-2)7-8-16(18)24-17(20(23)26)9-10-21-24/h4-6,12-13,16-18,21H,3,7-11H2,1-2H3,(H,22,25). The Labute approximate surface area is 160 Å². The van der Waals surface area contributed by atoms with Crippen molar-refractivity contribution in [3.63, 3.8) is 0 Å². The largest absolute Gasteiger partial charge is 0.497 e. The highest BCUT2D eigenvalue weighted by atomic mass is 16.5. The van der Waals surface area contributed by atoms with Crippen LogP contribution in [0.3, 0.4) is 0 Å². The van der Waals surface area contributed by atoms with Crippen molar-refractivity contribution in [2.24, 2.45) is 5.92 Å². The van der Waals surface area contributed by atoms with Gasteiger partial charge in [-0.05, 0) is 44.7 Å². The van der Waals surface area contributed by atoms with E-state index >= 15 is 0 Å². The molecule has 146 valence electrons. The number of benzene rings is 1. The molecule has 2 saturated heterocycles. The Hall–Kier alpha value is -2.12. The number of carbonyl (C=O) groups is 2. The summed E-state index contributed by atoms with van der Waals surface area (Å²) < 4.78 is 5.23. The van der Waals surface area contributed by atoms with Gasteiger partial charge in [0.25, 0.3) is 0 Å². The van der Waals surface area contributed by atoms with E-state index in [-0.39, 0.29) is 29.8 Å². The Kier molecular flexibility index (Phi) is 5.06. The van der Waals surface area contributed by atoms with Gasteiger partial charge in [-0.3, -0.25) is 15.0 Å². The van der Waals surface area contributed by atoms with Crippen molar-refractivity contribution in [2.75, 3.05) is 25.5 Å². The maximum absolute atomic E-state index is 12.9. The second-order valence-electron chi connectivity index (χ2n) is 7.61. The average Bonchev–Trinajstić information content (AvgIpc) is 3.18. The molecule has 1 aliphatic carbocycles. The van der Waals surface area contributed by atoms with Gasteiger partial charge < -0.3 is 15.0 Å². The summed E-state index contributed by atoms with van der Waals surface area (Å²) >= 11 is 0. The van der Waals surface area contributed by atoms with Crippen LogP contribution in [-0.2, 0) is 9.59 Å². The average molecular weight is 372 g/mol. The number of nitrogens with zero attached hydrogens (tertiary/aromatic N) is 2. The SMILES string of the molecule is CCN1C(=O)C2CCNN2C2CCC(C(=O)Nc3cccc(OC)c3)CC21. The molecule has 4 atom stereocenters. The third-order valence-corrected chi connectivity index (χ3v) is 6.20. The third kappa shape index (κ3) is 3.30. The molecule has 4 rings (SSSR count). The van der Waals surface area contributed by atoms with E-state index in [2.05, 4.69) is 15.8 Å². The van der Waals surface area contributed by atoms with Crippen molar-refractivity contribution in [2.45, 2.75) is 50.7 Å². The first kappa shape index (κ1) is 18.3. The van der Waals surface area contributed by atoms with E-state index in [1.54, 1.807) is 7.11 Å². The molecule has 1 saturated carbocycles. The minimum Gasteiger partial charge on any atom is -0.497 e. The molecule has 0 aromatic heterocycles. The van der Waals surface area contributed by atoms with E-state index < -0.39 is 0 Å². The number of piperazine rings is 1. The summed E-state index contributed by atoms with van der Waals surface area (Å²) in [5.74, 6) is 0.871. The van der Waals surface area contributed by atoms with Crippen LogP contribution in [0.5, 0.6) is 5.75 Å². The lowest BCUT2D eigenvalue weighted by atomic mass is 9.78. The first-order chi connectivity index (χ1) is 13.1. The summed E-state index contributed by atoms with van der Waals surface area (Å²) in [6.45, 7) is 3.60. The zero-order chi connectivity index (χ0) is 19.0. The minimum absolute atomic E-state index is 0.0294. The zero-order valence-corrected chi connectivity index (χ0v) is 16.0. The van der Waals surface area contributed by atoms with Crippen molar-refractivity contribution in [1.29, 1.82) is 0 Å². The molecule has 3 aliphatic rings. The number of methoxy groups -OCH3 is 1. The molecule has 3 fully saturated rings. The number of nitrogens with one attached hydrogen (secondary N) is 2. The Morgan fingerprint density at radius 3 is 2.93 bits per heavy atom. The highest BCUT2D eigenvalue weighted by molar-refractivity contribution is 5.93. The van der Waals surface area contributed by atoms with Gasteiger partial charge in [0.1, 0.15) is 11.8 Å². The number of anilines is 1. The lowest BCUT2D eigenvalue weighted by Gasteiger charge is -2.51. The van der Waals surface area contributed by atoms with Crippen molar-refractivity contribution in [3.8, 4) is 5.75 Å². The monoisotopic (exact) mass is 372 g/mol. The van der Waals surface area contributed by atoms with Crippen LogP contribution in [0.25, 0.3) is 0 Å².